The Morgan fingerprint density at radius 2 is 2.00 bits per heavy atom. The fourth-order valence-corrected chi connectivity index (χ4v) is 3.01. The summed E-state index contributed by atoms with van der Waals surface area (Å²) in [7, 11) is 3.92. The van der Waals surface area contributed by atoms with Gasteiger partial charge in [-0.15, -0.1) is 0 Å². The number of hydrogen-bond acceptors (Lipinski definition) is 3. The first-order valence-electron chi connectivity index (χ1n) is 7.44. The van der Waals surface area contributed by atoms with Gasteiger partial charge in [0.1, 0.15) is 0 Å². The van der Waals surface area contributed by atoms with E-state index < -0.39 is 0 Å². The third-order valence-corrected chi connectivity index (χ3v) is 4.45. The summed E-state index contributed by atoms with van der Waals surface area (Å²) in [6.45, 7) is 6.85. The molecule has 1 aliphatic heterocycles. The summed E-state index contributed by atoms with van der Waals surface area (Å²) in [5.41, 5.74) is 3.17. The Kier molecular flexibility index (Phi) is 4.81. The molecular weight excluding hydrogens is 252 g/mol. The molecule has 0 aromatic carbocycles. The van der Waals surface area contributed by atoms with Crippen molar-refractivity contribution in [3.05, 3.63) is 17.0 Å². The van der Waals surface area contributed by atoms with Crippen LogP contribution in [-0.4, -0.2) is 47.3 Å². The van der Waals surface area contributed by atoms with E-state index in [0.29, 0.717) is 12.3 Å². The third-order valence-electron chi connectivity index (χ3n) is 4.45. The van der Waals surface area contributed by atoms with Crippen molar-refractivity contribution in [2.45, 2.75) is 33.1 Å². The normalized spacial score (nSPS) is 16.7. The molecule has 0 unspecified atom stereocenters. The highest BCUT2D eigenvalue weighted by Gasteiger charge is 2.23. The van der Waals surface area contributed by atoms with Crippen LogP contribution in [0.4, 0.5) is 0 Å². The molecule has 0 spiro atoms. The second-order valence-corrected chi connectivity index (χ2v) is 5.83. The standard InChI is InChI=1S/C15H26N4O/c1-11-14(12(2)18(4)17-11)9-15(20)19-7-5-13(6-8-19)10-16-3/h13,16H,5-10H2,1-4H3. The maximum Gasteiger partial charge on any atom is 0.227 e. The smallest absolute Gasteiger partial charge is 0.227 e. The van der Waals surface area contributed by atoms with Gasteiger partial charge in [0.2, 0.25) is 5.91 Å². The molecule has 112 valence electrons. The lowest BCUT2D eigenvalue weighted by atomic mass is 9.96. The molecule has 1 amide bonds. The summed E-state index contributed by atoms with van der Waals surface area (Å²) in [4.78, 5) is 14.4. The number of rotatable bonds is 4. The topological polar surface area (TPSA) is 50.2 Å². The van der Waals surface area contributed by atoms with E-state index in [0.717, 1.165) is 49.4 Å². The van der Waals surface area contributed by atoms with E-state index in [1.54, 1.807) is 0 Å². The largest absolute Gasteiger partial charge is 0.342 e. The fourth-order valence-electron chi connectivity index (χ4n) is 3.01. The first kappa shape index (κ1) is 15.0. The molecule has 5 nitrogen and oxygen atoms in total. The average molecular weight is 278 g/mol. The van der Waals surface area contributed by atoms with Gasteiger partial charge in [-0.1, -0.05) is 0 Å². The number of carbonyl (C=O) groups is 1. The van der Waals surface area contributed by atoms with E-state index in [-0.39, 0.29) is 5.91 Å². The van der Waals surface area contributed by atoms with Crippen LogP contribution in [0.2, 0.25) is 0 Å². The van der Waals surface area contributed by atoms with Gasteiger partial charge in [0.15, 0.2) is 0 Å². The minimum atomic E-state index is 0.243. The Bertz CT molecular complexity index is 472. The Morgan fingerprint density at radius 1 is 1.35 bits per heavy atom. The minimum Gasteiger partial charge on any atom is -0.342 e. The summed E-state index contributed by atoms with van der Waals surface area (Å²) >= 11 is 0. The van der Waals surface area contributed by atoms with Crippen LogP contribution in [0.15, 0.2) is 0 Å². The van der Waals surface area contributed by atoms with Crippen molar-refractivity contribution in [3.8, 4) is 0 Å². The first-order valence-corrected chi connectivity index (χ1v) is 7.44. The molecule has 0 saturated carbocycles. The van der Waals surface area contributed by atoms with Crippen molar-refractivity contribution in [2.75, 3.05) is 26.7 Å². The van der Waals surface area contributed by atoms with Crippen molar-refractivity contribution in [1.82, 2.24) is 20.0 Å². The number of amides is 1. The average Bonchev–Trinajstić information content (AvgIpc) is 2.66. The van der Waals surface area contributed by atoms with Gasteiger partial charge in [-0.25, -0.2) is 0 Å². The van der Waals surface area contributed by atoms with E-state index in [9.17, 15) is 4.79 Å². The highest BCUT2D eigenvalue weighted by molar-refractivity contribution is 5.79. The van der Waals surface area contributed by atoms with Crippen LogP contribution < -0.4 is 5.32 Å². The molecule has 1 fully saturated rings. The maximum atomic E-state index is 12.4. The Morgan fingerprint density at radius 3 is 2.50 bits per heavy atom. The Balaban J connectivity index is 1.93. The number of nitrogens with one attached hydrogen (secondary N) is 1. The molecule has 2 rings (SSSR count). The molecule has 1 saturated heterocycles. The van der Waals surface area contributed by atoms with Gasteiger partial charge in [0.25, 0.3) is 0 Å². The molecule has 5 heteroatoms. The predicted molar refractivity (Wildman–Crippen MR) is 79.6 cm³/mol. The lowest BCUT2D eigenvalue weighted by Gasteiger charge is -2.32. The summed E-state index contributed by atoms with van der Waals surface area (Å²) in [6, 6.07) is 0. The van der Waals surface area contributed by atoms with E-state index >= 15 is 0 Å². The van der Waals surface area contributed by atoms with Gasteiger partial charge < -0.3 is 10.2 Å². The highest BCUT2D eigenvalue weighted by Crippen LogP contribution is 2.19. The van der Waals surface area contributed by atoms with Gasteiger partial charge in [0, 0.05) is 31.4 Å². The van der Waals surface area contributed by atoms with Crippen LogP contribution in [0, 0.1) is 19.8 Å². The van der Waals surface area contributed by atoms with Crippen LogP contribution in [-0.2, 0) is 18.3 Å². The zero-order valence-corrected chi connectivity index (χ0v) is 13.1. The van der Waals surface area contributed by atoms with Gasteiger partial charge >= 0.3 is 0 Å². The number of nitrogens with zero attached hydrogens (tertiary/aromatic N) is 3. The van der Waals surface area contributed by atoms with Gasteiger partial charge in [-0.05, 0) is 46.2 Å². The molecule has 0 radical (unpaired) electrons. The third kappa shape index (κ3) is 3.20. The molecule has 0 atom stereocenters. The monoisotopic (exact) mass is 278 g/mol. The first-order chi connectivity index (χ1) is 9.52. The van der Waals surface area contributed by atoms with Crippen LogP contribution in [0.3, 0.4) is 0 Å². The molecule has 1 aromatic rings. The summed E-state index contributed by atoms with van der Waals surface area (Å²) in [5.74, 6) is 0.957. The van der Waals surface area contributed by atoms with E-state index in [4.69, 9.17) is 0 Å². The van der Waals surface area contributed by atoms with Crippen molar-refractivity contribution < 1.29 is 4.79 Å². The fraction of sp³-hybridized carbons (Fsp3) is 0.733. The van der Waals surface area contributed by atoms with E-state index in [1.165, 1.54) is 0 Å². The number of piperidine rings is 1. The molecule has 1 N–H and O–H groups in total. The van der Waals surface area contributed by atoms with Crippen LogP contribution >= 0.6 is 0 Å². The zero-order valence-electron chi connectivity index (χ0n) is 13.1. The maximum absolute atomic E-state index is 12.4. The second-order valence-electron chi connectivity index (χ2n) is 5.83. The number of hydrogen-bond donors (Lipinski definition) is 1. The molecule has 20 heavy (non-hydrogen) atoms. The summed E-state index contributed by atoms with van der Waals surface area (Å²) < 4.78 is 1.86. The molecule has 2 heterocycles. The quantitative estimate of drug-likeness (QED) is 0.895. The van der Waals surface area contributed by atoms with Crippen molar-refractivity contribution in [2.24, 2.45) is 13.0 Å². The van der Waals surface area contributed by atoms with Gasteiger partial charge in [0.05, 0.1) is 12.1 Å². The minimum absolute atomic E-state index is 0.243. The summed E-state index contributed by atoms with van der Waals surface area (Å²) in [5, 5.41) is 7.61. The zero-order chi connectivity index (χ0) is 14.7. The molecule has 1 aliphatic rings. The SMILES string of the molecule is CNCC1CCN(C(=O)Cc2c(C)nn(C)c2C)CC1. The van der Waals surface area contributed by atoms with E-state index in [1.807, 2.05) is 37.5 Å². The Labute approximate surface area is 121 Å². The number of aryl methyl sites for hydroxylation is 2. The number of aromatic nitrogens is 2. The summed E-state index contributed by atoms with van der Waals surface area (Å²) in [6.07, 6.45) is 2.71. The van der Waals surface area contributed by atoms with Crippen LogP contribution in [0.25, 0.3) is 0 Å². The second kappa shape index (κ2) is 6.39. The molecule has 0 bridgehead atoms. The molecular formula is C15H26N4O. The highest BCUT2D eigenvalue weighted by atomic mass is 16.2. The lowest BCUT2D eigenvalue weighted by molar-refractivity contribution is -0.131. The van der Waals surface area contributed by atoms with Crippen LogP contribution in [0.5, 0.6) is 0 Å². The predicted octanol–water partition coefficient (Wildman–Crippen LogP) is 1.04. The van der Waals surface area contributed by atoms with Gasteiger partial charge in [-0.3, -0.25) is 9.48 Å². The number of likely N-dealkylation sites (tertiary alicyclic amines) is 1. The van der Waals surface area contributed by atoms with Crippen molar-refractivity contribution in [3.63, 3.8) is 0 Å². The van der Waals surface area contributed by atoms with Crippen LogP contribution in [0.1, 0.15) is 29.8 Å². The van der Waals surface area contributed by atoms with Crippen molar-refractivity contribution >= 4 is 5.91 Å². The van der Waals surface area contributed by atoms with E-state index in [2.05, 4.69) is 10.4 Å². The Hall–Kier alpha value is -1.36. The molecule has 0 aliphatic carbocycles. The van der Waals surface area contributed by atoms with Gasteiger partial charge in [-0.2, -0.15) is 5.10 Å². The van der Waals surface area contributed by atoms with Crippen molar-refractivity contribution in [1.29, 1.82) is 0 Å². The number of carbonyl (C=O) groups excluding carboxylic acids is 1. The molecule has 1 aromatic heterocycles. The lowest BCUT2D eigenvalue weighted by Crippen LogP contribution is -2.41.